The predicted molar refractivity (Wildman–Crippen MR) is 86.3 cm³/mol. The van der Waals surface area contributed by atoms with Crippen LogP contribution in [-0.2, 0) is 16.4 Å². The van der Waals surface area contributed by atoms with Crippen LogP contribution < -0.4 is 10.0 Å². The van der Waals surface area contributed by atoms with Crippen LogP contribution in [0.15, 0.2) is 33.7 Å². The number of hydrogen-bond acceptors (Lipinski definition) is 6. The van der Waals surface area contributed by atoms with E-state index < -0.39 is 10.0 Å². The number of hydrogen-bond donors (Lipinski definition) is 2. The van der Waals surface area contributed by atoms with Crippen molar-refractivity contribution in [1.29, 1.82) is 0 Å². The molecule has 8 heteroatoms. The number of sulfonamides is 1. The van der Waals surface area contributed by atoms with Gasteiger partial charge in [0, 0.05) is 12.5 Å². The van der Waals surface area contributed by atoms with Gasteiger partial charge in [0.25, 0.3) is 0 Å². The maximum absolute atomic E-state index is 11.7. The molecule has 0 saturated heterocycles. The summed E-state index contributed by atoms with van der Waals surface area (Å²) in [6, 6.07) is 6.67. The molecule has 2 N–H and O–H groups in total. The first kappa shape index (κ1) is 17.6. The summed E-state index contributed by atoms with van der Waals surface area (Å²) in [6.45, 7) is 5.91. The molecule has 0 fully saturated rings. The Bertz CT molecular complexity index is 740. The number of aromatic nitrogens is 2. The van der Waals surface area contributed by atoms with E-state index in [2.05, 4.69) is 20.2 Å². The van der Waals surface area contributed by atoms with Crippen LogP contribution in [-0.4, -0.2) is 25.6 Å². The monoisotopic (exact) mass is 338 g/mol. The van der Waals surface area contributed by atoms with E-state index >= 15 is 0 Å². The van der Waals surface area contributed by atoms with Gasteiger partial charge < -0.3 is 4.52 Å². The first-order valence-electron chi connectivity index (χ1n) is 7.49. The fourth-order valence-electron chi connectivity index (χ4n) is 2.18. The van der Waals surface area contributed by atoms with Crippen LogP contribution in [0, 0.1) is 0 Å². The zero-order chi connectivity index (χ0) is 17.0. The summed E-state index contributed by atoms with van der Waals surface area (Å²) in [5.41, 5.74) is 0.974. The lowest BCUT2D eigenvalue weighted by Crippen LogP contribution is -2.23. The first-order valence-corrected chi connectivity index (χ1v) is 8.97. The minimum atomic E-state index is -3.41. The molecule has 0 spiro atoms. The van der Waals surface area contributed by atoms with Crippen LogP contribution in [0.3, 0.4) is 0 Å². The smallest absolute Gasteiger partial charge is 0.243 e. The highest BCUT2D eigenvalue weighted by Crippen LogP contribution is 2.20. The van der Waals surface area contributed by atoms with Crippen molar-refractivity contribution in [2.24, 2.45) is 0 Å². The molecular formula is C15H22N4O3S. The SMILES string of the molecule is CCc1noc([C@@H](C)N[C@H](C)c2ccc(S(=O)(=O)NC)cc2)n1. The van der Waals surface area contributed by atoms with Crippen LogP contribution in [0.2, 0.25) is 0 Å². The van der Waals surface area contributed by atoms with Crippen molar-refractivity contribution < 1.29 is 12.9 Å². The molecule has 0 aliphatic heterocycles. The zero-order valence-corrected chi connectivity index (χ0v) is 14.5. The largest absolute Gasteiger partial charge is 0.338 e. The summed E-state index contributed by atoms with van der Waals surface area (Å²) >= 11 is 0. The minimum absolute atomic E-state index is 0.00770. The van der Waals surface area contributed by atoms with Crippen molar-refractivity contribution in [3.63, 3.8) is 0 Å². The highest BCUT2D eigenvalue weighted by Gasteiger charge is 2.17. The molecule has 2 rings (SSSR count). The Morgan fingerprint density at radius 1 is 1.17 bits per heavy atom. The molecule has 0 amide bonds. The number of benzene rings is 1. The van der Waals surface area contributed by atoms with Crippen LogP contribution >= 0.6 is 0 Å². The molecule has 0 saturated carbocycles. The standard InChI is InChI=1S/C15H22N4O3S/c1-5-14-18-15(22-19-14)11(3)17-10(2)12-6-8-13(9-7-12)23(20,21)16-4/h6-11,16-17H,5H2,1-4H3/t10-,11-/m1/s1. The van der Waals surface area contributed by atoms with E-state index in [1.54, 1.807) is 24.3 Å². The fraction of sp³-hybridized carbons (Fsp3) is 0.467. The number of aryl methyl sites for hydroxylation is 1. The Labute approximate surface area is 136 Å². The summed E-state index contributed by atoms with van der Waals surface area (Å²) in [5.74, 6) is 1.23. The molecule has 2 aromatic rings. The second kappa shape index (κ2) is 7.20. The molecule has 23 heavy (non-hydrogen) atoms. The average molecular weight is 338 g/mol. The Hall–Kier alpha value is -1.77. The quantitative estimate of drug-likeness (QED) is 0.801. The summed E-state index contributed by atoms with van der Waals surface area (Å²) in [6.07, 6.45) is 0.729. The third kappa shape index (κ3) is 4.15. The molecule has 0 aliphatic rings. The van der Waals surface area contributed by atoms with Crippen molar-refractivity contribution in [3.8, 4) is 0 Å². The van der Waals surface area contributed by atoms with Crippen LogP contribution in [0.1, 0.15) is 50.1 Å². The van der Waals surface area contributed by atoms with Crippen LogP contribution in [0.25, 0.3) is 0 Å². The zero-order valence-electron chi connectivity index (χ0n) is 13.7. The van der Waals surface area contributed by atoms with Gasteiger partial charge in [-0.2, -0.15) is 4.98 Å². The lowest BCUT2D eigenvalue weighted by Gasteiger charge is -2.18. The van der Waals surface area contributed by atoms with E-state index in [1.807, 2.05) is 20.8 Å². The molecular weight excluding hydrogens is 316 g/mol. The number of rotatable bonds is 7. The van der Waals surface area contributed by atoms with Crippen molar-refractivity contribution >= 4 is 10.0 Å². The van der Waals surface area contributed by atoms with Gasteiger partial charge >= 0.3 is 0 Å². The third-order valence-corrected chi connectivity index (χ3v) is 5.06. The van der Waals surface area contributed by atoms with Gasteiger partial charge in [-0.3, -0.25) is 5.32 Å². The predicted octanol–water partition coefficient (Wildman–Crippen LogP) is 1.95. The van der Waals surface area contributed by atoms with E-state index in [0.29, 0.717) is 11.7 Å². The Morgan fingerprint density at radius 3 is 2.35 bits per heavy atom. The third-order valence-electron chi connectivity index (χ3n) is 3.63. The summed E-state index contributed by atoms with van der Waals surface area (Å²) in [7, 11) is -2.02. The maximum Gasteiger partial charge on any atom is 0.243 e. The highest BCUT2D eigenvalue weighted by molar-refractivity contribution is 7.89. The van der Waals surface area contributed by atoms with E-state index in [9.17, 15) is 8.42 Å². The van der Waals surface area contributed by atoms with Gasteiger partial charge in [-0.05, 0) is 38.6 Å². The van der Waals surface area contributed by atoms with Gasteiger partial charge in [0.05, 0.1) is 10.9 Å². The van der Waals surface area contributed by atoms with Crippen LogP contribution in [0.4, 0.5) is 0 Å². The molecule has 1 heterocycles. The maximum atomic E-state index is 11.7. The Morgan fingerprint density at radius 2 is 1.83 bits per heavy atom. The second-order valence-corrected chi connectivity index (χ2v) is 7.18. The molecule has 0 aliphatic carbocycles. The summed E-state index contributed by atoms with van der Waals surface area (Å²) in [5, 5.41) is 7.24. The van der Waals surface area contributed by atoms with Crippen molar-refractivity contribution in [2.75, 3.05) is 7.05 Å². The lowest BCUT2D eigenvalue weighted by molar-refractivity contribution is 0.325. The summed E-state index contributed by atoms with van der Waals surface area (Å²) < 4.78 is 31.0. The van der Waals surface area contributed by atoms with E-state index in [-0.39, 0.29) is 17.0 Å². The second-order valence-electron chi connectivity index (χ2n) is 5.29. The van der Waals surface area contributed by atoms with E-state index in [0.717, 1.165) is 12.0 Å². The normalized spacial score (nSPS) is 14.6. The average Bonchev–Trinajstić information content (AvgIpc) is 3.04. The molecule has 0 bridgehead atoms. The molecule has 7 nitrogen and oxygen atoms in total. The van der Waals surface area contributed by atoms with Gasteiger partial charge in [0.15, 0.2) is 5.82 Å². The van der Waals surface area contributed by atoms with Crippen molar-refractivity contribution in [2.45, 2.75) is 44.2 Å². The minimum Gasteiger partial charge on any atom is -0.338 e. The molecule has 2 atom stereocenters. The highest BCUT2D eigenvalue weighted by atomic mass is 32.2. The van der Waals surface area contributed by atoms with E-state index in [1.165, 1.54) is 7.05 Å². The van der Waals surface area contributed by atoms with Crippen molar-refractivity contribution in [1.82, 2.24) is 20.2 Å². The number of nitrogens with one attached hydrogen (secondary N) is 2. The topological polar surface area (TPSA) is 97.1 Å². The molecule has 0 unspecified atom stereocenters. The van der Waals surface area contributed by atoms with Crippen molar-refractivity contribution in [3.05, 3.63) is 41.5 Å². The lowest BCUT2D eigenvalue weighted by atomic mass is 10.1. The van der Waals surface area contributed by atoms with Gasteiger partial charge in [-0.25, -0.2) is 13.1 Å². The fourth-order valence-corrected chi connectivity index (χ4v) is 2.91. The molecule has 126 valence electrons. The first-order chi connectivity index (χ1) is 10.9. The van der Waals surface area contributed by atoms with Gasteiger partial charge in [0.1, 0.15) is 0 Å². The molecule has 0 radical (unpaired) electrons. The number of nitrogens with zero attached hydrogens (tertiary/aromatic N) is 2. The molecule has 1 aromatic carbocycles. The van der Waals surface area contributed by atoms with Crippen LogP contribution in [0.5, 0.6) is 0 Å². The van der Waals surface area contributed by atoms with E-state index in [4.69, 9.17) is 4.52 Å². The van der Waals surface area contributed by atoms with Gasteiger partial charge in [-0.1, -0.05) is 24.2 Å². The van der Waals surface area contributed by atoms with Gasteiger partial charge in [-0.15, -0.1) is 0 Å². The summed E-state index contributed by atoms with van der Waals surface area (Å²) in [4.78, 5) is 4.55. The van der Waals surface area contributed by atoms with Gasteiger partial charge in [0.2, 0.25) is 15.9 Å². The molecule has 1 aromatic heterocycles. The Kier molecular flexibility index (Phi) is 5.51. The Balaban J connectivity index is 2.07.